The summed E-state index contributed by atoms with van der Waals surface area (Å²) in [4.78, 5) is 17.9. The van der Waals surface area contributed by atoms with Gasteiger partial charge in [-0.15, -0.1) is 0 Å². The van der Waals surface area contributed by atoms with E-state index in [9.17, 15) is 9.90 Å². The molecule has 1 saturated heterocycles. The first-order valence-electron chi connectivity index (χ1n) is 6.77. The van der Waals surface area contributed by atoms with Crippen LogP contribution < -0.4 is 5.32 Å². The van der Waals surface area contributed by atoms with Crippen LogP contribution in [0.4, 0.5) is 4.79 Å². The zero-order valence-electron chi connectivity index (χ0n) is 11.0. The Morgan fingerprint density at radius 3 is 2.84 bits per heavy atom. The van der Waals surface area contributed by atoms with Crippen LogP contribution in [0.1, 0.15) is 31.5 Å². The maximum Gasteiger partial charge on any atom is 0.318 e. The number of nitrogens with one attached hydrogen (secondary N) is 1. The highest BCUT2D eigenvalue weighted by Crippen LogP contribution is 2.44. The third-order valence-corrected chi connectivity index (χ3v) is 4.03. The summed E-state index contributed by atoms with van der Waals surface area (Å²) in [5.41, 5.74) is 0.222. The molecule has 0 spiro atoms. The summed E-state index contributed by atoms with van der Waals surface area (Å²) in [5.74, 6) is 0.407. The van der Waals surface area contributed by atoms with Crippen molar-refractivity contribution in [2.45, 2.75) is 31.4 Å². The van der Waals surface area contributed by atoms with Crippen LogP contribution in [0, 0.1) is 5.92 Å². The van der Waals surface area contributed by atoms with Gasteiger partial charge in [0.2, 0.25) is 0 Å². The minimum absolute atomic E-state index is 0.122. The van der Waals surface area contributed by atoms with E-state index in [0.29, 0.717) is 19.0 Å². The lowest BCUT2D eigenvalue weighted by Crippen LogP contribution is -2.66. The number of likely N-dealkylation sites (tertiary alicyclic amines) is 1. The molecule has 19 heavy (non-hydrogen) atoms. The molecule has 1 aliphatic carbocycles. The van der Waals surface area contributed by atoms with Crippen LogP contribution in [0.2, 0.25) is 0 Å². The Kier molecular flexibility index (Phi) is 2.93. The first-order valence-corrected chi connectivity index (χ1v) is 6.77. The molecule has 2 heterocycles. The number of amides is 2. The van der Waals surface area contributed by atoms with Crippen LogP contribution in [0.3, 0.4) is 0 Å². The van der Waals surface area contributed by atoms with Crippen molar-refractivity contribution in [3.63, 3.8) is 0 Å². The van der Waals surface area contributed by atoms with Gasteiger partial charge in [0.1, 0.15) is 5.60 Å². The number of pyridine rings is 1. The van der Waals surface area contributed by atoms with Crippen LogP contribution in [0.25, 0.3) is 0 Å². The zero-order valence-corrected chi connectivity index (χ0v) is 11.0. The Morgan fingerprint density at radius 1 is 1.53 bits per heavy atom. The highest BCUT2D eigenvalue weighted by Gasteiger charge is 2.53. The highest BCUT2D eigenvalue weighted by molar-refractivity contribution is 5.76. The van der Waals surface area contributed by atoms with E-state index in [1.54, 1.807) is 11.1 Å². The number of rotatable bonds is 3. The van der Waals surface area contributed by atoms with Gasteiger partial charge in [0.05, 0.1) is 24.8 Å². The standard InChI is InChI=1S/C14H19N3O2/c1-10(12-4-2-3-7-15-12)16-13(18)17-8-14(19,9-17)11-5-6-11/h2-4,7,10-11,19H,5-6,8-9H2,1H3,(H,16,18). The number of hydrogen-bond acceptors (Lipinski definition) is 3. The third kappa shape index (κ3) is 2.42. The number of nitrogens with zero attached hydrogens (tertiary/aromatic N) is 2. The van der Waals surface area contributed by atoms with Crippen molar-refractivity contribution in [3.05, 3.63) is 30.1 Å². The van der Waals surface area contributed by atoms with Crippen molar-refractivity contribution in [3.8, 4) is 0 Å². The van der Waals surface area contributed by atoms with E-state index in [1.165, 1.54) is 0 Å². The maximum atomic E-state index is 12.0. The average Bonchev–Trinajstić information content (AvgIpc) is 3.20. The third-order valence-electron chi connectivity index (χ3n) is 4.03. The van der Waals surface area contributed by atoms with Crippen LogP contribution in [-0.4, -0.2) is 39.7 Å². The molecule has 1 aromatic heterocycles. The SMILES string of the molecule is CC(NC(=O)N1CC(O)(C2CC2)C1)c1ccccn1. The van der Waals surface area contributed by atoms with Gasteiger partial charge in [0, 0.05) is 6.20 Å². The second kappa shape index (κ2) is 4.49. The van der Waals surface area contributed by atoms with Crippen molar-refractivity contribution >= 4 is 6.03 Å². The van der Waals surface area contributed by atoms with E-state index >= 15 is 0 Å². The monoisotopic (exact) mass is 261 g/mol. The first-order chi connectivity index (χ1) is 9.08. The zero-order chi connectivity index (χ0) is 13.5. The summed E-state index contributed by atoms with van der Waals surface area (Å²) in [6.45, 7) is 2.82. The summed E-state index contributed by atoms with van der Waals surface area (Å²) in [6, 6.07) is 5.40. The van der Waals surface area contributed by atoms with E-state index in [0.717, 1.165) is 18.5 Å². The summed E-state index contributed by atoms with van der Waals surface area (Å²) < 4.78 is 0. The Balaban J connectivity index is 1.52. The van der Waals surface area contributed by atoms with Crippen LogP contribution in [0.15, 0.2) is 24.4 Å². The fraction of sp³-hybridized carbons (Fsp3) is 0.571. The molecule has 2 amide bonds. The minimum atomic E-state index is -0.619. The normalized spacial score (nSPS) is 22.5. The van der Waals surface area contributed by atoms with Gasteiger partial charge in [0.15, 0.2) is 0 Å². The van der Waals surface area contributed by atoms with Crippen LogP contribution >= 0.6 is 0 Å². The lowest BCUT2D eigenvalue weighted by atomic mass is 9.89. The summed E-state index contributed by atoms with van der Waals surface area (Å²) in [7, 11) is 0. The topological polar surface area (TPSA) is 65.5 Å². The molecule has 2 aliphatic rings. The second-order valence-corrected chi connectivity index (χ2v) is 5.66. The van der Waals surface area contributed by atoms with Crippen molar-refractivity contribution in [2.24, 2.45) is 5.92 Å². The smallest absolute Gasteiger partial charge is 0.318 e. The number of β-amino-alcohol motifs (C(OH)–C–C–N with tert-alkyl or cyclic N) is 1. The van der Waals surface area contributed by atoms with E-state index in [1.807, 2.05) is 25.1 Å². The quantitative estimate of drug-likeness (QED) is 0.862. The second-order valence-electron chi connectivity index (χ2n) is 5.66. The molecule has 1 aliphatic heterocycles. The highest BCUT2D eigenvalue weighted by atomic mass is 16.3. The molecule has 1 saturated carbocycles. The summed E-state index contributed by atoms with van der Waals surface area (Å²) in [6.07, 6.45) is 3.90. The molecule has 0 aromatic carbocycles. The van der Waals surface area contributed by atoms with E-state index in [-0.39, 0.29) is 12.1 Å². The number of carbonyl (C=O) groups excluding carboxylic acids is 1. The molecule has 0 radical (unpaired) electrons. The van der Waals surface area contributed by atoms with Gasteiger partial charge in [-0.25, -0.2) is 4.79 Å². The summed E-state index contributed by atoms with van der Waals surface area (Å²) in [5, 5.41) is 13.1. The summed E-state index contributed by atoms with van der Waals surface area (Å²) >= 11 is 0. The Bertz CT molecular complexity index is 467. The van der Waals surface area contributed by atoms with Gasteiger partial charge < -0.3 is 15.3 Å². The van der Waals surface area contributed by atoms with Crippen LogP contribution in [0.5, 0.6) is 0 Å². The molecule has 3 rings (SSSR count). The van der Waals surface area contributed by atoms with Gasteiger partial charge in [-0.05, 0) is 37.8 Å². The molecule has 5 heteroatoms. The molecular weight excluding hydrogens is 242 g/mol. The van der Waals surface area contributed by atoms with Crippen LogP contribution in [-0.2, 0) is 0 Å². The van der Waals surface area contributed by atoms with Gasteiger partial charge >= 0.3 is 6.03 Å². The molecule has 102 valence electrons. The number of aromatic nitrogens is 1. The molecule has 0 bridgehead atoms. The Labute approximate surface area is 112 Å². The van der Waals surface area contributed by atoms with Gasteiger partial charge in [-0.1, -0.05) is 6.07 Å². The van der Waals surface area contributed by atoms with Crippen molar-refractivity contribution in [1.29, 1.82) is 0 Å². The molecule has 1 aromatic rings. The Hall–Kier alpha value is -1.62. The number of carbonyl (C=O) groups is 1. The lowest BCUT2D eigenvalue weighted by molar-refractivity contribution is -0.0920. The van der Waals surface area contributed by atoms with Gasteiger partial charge in [-0.2, -0.15) is 0 Å². The predicted molar refractivity (Wildman–Crippen MR) is 70.4 cm³/mol. The van der Waals surface area contributed by atoms with Crippen molar-refractivity contribution < 1.29 is 9.90 Å². The molecule has 2 N–H and O–H groups in total. The largest absolute Gasteiger partial charge is 0.386 e. The minimum Gasteiger partial charge on any atom is -0.386 e. The predicted octanol–water partition coefficient (Wildman–Crippen LogP) is 1.31. The fourth-order valence-electron chi connectivity index (χ4n) is 2.62. The van der Waals surface area contributed by atoms with E-state index < -0.39 is 5.60 Å². The van der Waals surface area contributed by atoms with E-state index in [4.69, 9.17) is 0 Å². The number of aliphatic hydroxyl groups is 1. The first kappa shape index (κ1) is 12.4. The van der Waals surface area contributed by atoms with Crippen molar-refractivity contribution in [2.75, 3.05) is 13.1 Å². The molecular formula is C14H19N3O2. The van der Waals surface area contributed by atoms with E-state index in [2.05, 4.69) is 10.3 Å². The van der Waals surface area contributed by atoms with Crippen molar-refractivity contribution in [1.82, 2.24) is 15.2 Å². The average molecular weight is 261 g/mol. The molecule has 1 unspecified atom stereocenters. The number of urea groups is 1. The molecule has 1 atom stereocenters. The molecule has 5 nitrogen and oxygen atoms in total. The van der Waals surface area contributed by atoms with Gasteiger partial charge in [0.25, 0.3) is 0 Å². The number of hydrogen-bond donors (Lipinski definition) is 2. The fourth-order valence-corrected chi connectivity index (χ4v) is 2.62. The molecule has 2 fully saturated rings. The van der Waals surface area contributed by atoms with Gasteiger partial charge in [-0.3, -0.25) is 4.98 Å². The lowest BCUT2D eigenvalue weighted by Gasteiger charge is -2.47. The maximum absolute atomic E-state index is 12.0. The Morgan fingerprint density at radius 2 is 2.26 bits per heavy atom.